The number of hydrogen-bond donors (Lipinski definition) is 0. The molecule has 2 aliphatic rings. The molecular weight excluding hydrogens is 238 g/mol. The Hall–Kier alpha value is -1.13. The van der Waals surface area contributed by atoms with E-state index in [0.717, 1.165) is 45.1 Å². The van der Waals surface area contributed by atoms with Gasteiger partial charge in [-0.3, -0.25) is 4.90 Å². The van der Waals surface area contributed by atoms with E-state index in [1.807, 2.05) is 12.3 Å². The van der Waals surface area contributed by atoms with Crippen molar-refractivity contribution in [2.75, 3.05) is 44.2 Å². The first-order valence-corrected chi connectivity index (χ1v) is 7.33. The summed E-state index contributed by atoms with van der Waals surface area (Å²) < 4.78 is 5.72. The molecule has 0 bridgehead atoms. The molecular formula is C15H23N3O. The third kappa shape index (κ3) is 3.07. The van der Waals surface area contributed by atoms with Crippen LogP contribution in [0.3, 0.4) is 0 Å². The molecule has 2 saturated heterocycles. The monoisotopic (exact) mass is 261 g/mol. The van der Waals surface area contributed by atoms with E-state index in [9.17, 15) is 0 Å². The van der Waals surface area contributed by atoms with Crippen molar-refractivity contribution >= 4 is 5.82 Å². The molecule has 1 unspecified atom stereocenters. The predicted molar refractivity (Wildman–Crippen MR) is 76.6 cm³/mol. The van der Waals surface area contributed by atoms with Gasteiger partial charge in [-0.1, -0.05) is 6.07 Å². The average molecular weight is 261 g/mol. The van der Waals surface area contributed by atoms with Crippen molar-refractivity contribution in [2.24, 2.45) is 0 Å². The van der Waals surface area contributed by atoms with Crippen LogP contribution in [0, 0.1) is 6.92 Å². The number of aromatic nitrogens is 1. The molecule has 0 aromatic carbocycles. The van der Waals surface area contributed by atoms with E-state index in [1.165, 1.54) is 18.4 Å². The van der Waals surface area contributed by atoms with Gasteiger partial charge in [0.25, 0.3) is 0 Å². The minimum atomic E-state index is 0.475. The minimum absolute atomic E-state index is 0.475. The second-order valence-corrected chi connectivity index (χ2v) is 5.57. The molecule has 0 amide bonds. The van der Waals surface area contributed by atoms with Crippen LogP contribution >= 0.6 is 0 Å². The highest BCUT2D eigenvalue weighted by Gasteiger charge is 2.23. The molecule has 2 aliphatic heterocycles. The zero-order valence-electron chi connectivity index (χ0n) is 11.7. The molecule has 0 N–H and O–H groups in total. The Bertz CT molecular complexity index is 410. The summed E-state index contributed by atoms with van der Waals surface area (Å²) >= 11 is 0. The van der Waals surface area contributed by atoms with Gasteiger partial charge in [0.1, 0.15) is 5.82 Å². The molecule has 4 nitrogen and oxygen atoms in total. The van der Waals surface area contributed by atoms with Crippen molar-refractivity contribution in [3.05, 3.63) is 23.9 Å². The standard InChI is InChI=1S/C15H23N3O/c1-13-4-2-6-16-15(13)18-9-7-17(8-10-18)12-14-5-3-11-19-14/h2,4,6,14H,3,5,7-12H2,1H3. The van der Waals surface area contributed by atoms with Gasteiger partial charge in [0.15, 0.2) is 0 Å². The van der Waals surface area contributed by atoms with Crippen molar-refractivity contribution in [3.63, 3.8) is 0 Å². The van der Waals surface area contributed by atoms with Crippen LogP contribution in [0.4, 0.5) is 5.82 Å². The Morgan fingerprint density at radius 1 is 1.32 bits per heavy atom. The van der Waals surface area contributed by atoms with Gasteiger partial charge in [0, 0.05) is 45.5 Å². The highest BCUT2D eigenvalue weighted by atomic mass is 16.5. The van der Waals surface area contributed by atoms with E-state index < -0.39 is 0 Å². The fraction of sp³-hybridized carbons (Fsp3) is 0.667. The van der Waals surface area contributed by atoms with Gasteiger partial charge in [-0.05, 0) is 31.4 Å². The molecule has 3 rings (SSSR count). The lowest BCUT2D eigenvalue weighted by Gasteiger charge is -2.36. The Morgan fingerprint density at radius 2 is 2.16 bits per heavy atom. The van der Waals surface area contributed by atoms with Crippen LogP contribution in [0.5, 0.6) is 0 Å². The number of anilines is 1. The maximum Gasteiger partial charge on any atom is 0.131 e. The van der Waals surface area contributed by atoms with Crippen LogP contribution in [0.15, 0.2) is 18.3 Å². The summed E-state index contributed by atoms with van der Waals surface area (Å²) in [6, 6.07) is 4.15. The summed E-state index contributed by atoms with van der Waals surface area (Å²) in [6.07, 6.45) is 4.83. The number of pyridine rings is 1. The van der Waals surface area contributed by atoms with Crippen LogP contribution in [0.2, 0.25) is 0 Å². The summed E-state index contributed by atoms with van der Waals surface area (Å²) in [4.78, 5) is 9.45. The number of aryl methyl sites for hydroxylation is 1. The van der Waals surface area contributed by atoms with E-state index in [1.54, 1.807) is 0 Å². The van der Waals surface area contributed by atoms with Crippen LogP contribution in [-0.2, 0) is 4.74 Å². The van der Waals surface area contributed by atoms with E-state index >= 15 is 0 Å². The van der Waals surface area contributed by atoms with Crippen LogP contribution in [-0.4, -0.2) is 55.3 Å². The number of ether oxygens (including phenoxy) is 1. The first kappa shape index (κ1) is 12.9. The summed E-state index contributed by atoms with van der Waals surface area (Å²) in [7, 11) is 0. The van der Waals surface area contributed by atoms with Crippen molar-refractivity contribution in [2.45, 2.75) is 25.9 Å². The second kappa shape index (κ2) is 5.88. The zero-order valence-corrected chi connectivity index (χ0v) is 11.7. The first-order chi connectivity index (χ1) is 9.33. The predicted octanol–water partition coefficient (Wildman–Crippen LogP) is 1.69. The lowest BCUT2D eigenvalue weighted by Crippen LogP contribution is -2.49. The van der Waals surface area contributed by atoms with Crippen molar-refractivity contribution < 1.29 is 4.74 Å². The molecule has 0 radical (unpaired) electrons. The van der Waals surface area contributed by atoms with Gasteiger partial charge < -0.3 is 9.64 Å². The lowest BCUT2D eigenvalue weighted by molar-refractivity contribution is 0.0712. The fourth-order valence-corrected chi connectivity index (χ4v) is 3.03. The molecule has 0 aliphatic carbocycles. The third-order valence-electron chi connectivity index (χ3n) is 4.14. The van der Waals surface area contributed by atoms with Gasteiger partial charge >= 0.3 is 0 Å². The van der Waals surface area contributed by atoms with E-state index in [0.29, 0.717) is 6.10 Å². The summed E-state index contributed by atoms with van der Waals surface area (Å²) in [5.41, 5.74) is 1.27. The van der Waals surface area contributed by atoms with Gasteiger partial charge in [-0.2, -0.15) is 0 Å². The SMILES string of the molecule is Cc1cccnc1N1CCN(CC2CCCO2)CC1. The zero-order chi connectivity index (χ0) is 13.1. The van der Waals surface area contributed by atoms with Gasteiger partial charge in [0.05, 0.1) is 6.10 Å². The van der Waals surface area contributed by atoms with Crippen molar-refractivity contribution in [3.8, 4) is 0 Å². The summed E-state index contributed by atoms with van der Waals surface area (Å²) in [5.74, 6) is 1.15. The van der Waals surface area contributed by atoms with Gasteiger partial charge in [-0.25, -0.2) is 4.98 Å². The molecule has 2 fully saturated rings. The lowest BCUT2D eigenvalue weighted by atomic mass is 10.2. The maximum atomic E-state index is 5.72. The molecule has 0 spiro atoms. The van der Waals surface area contributed by atoms with E-state index in [-0.39, 0.29) is 0 Å². The van der Waals surface area contributed by atoms with Crippen LogP contribution in [0.25, 0.3) is 0 Å². The average Bonchev–Trinajstić information content (AvgIpc) is 2.93. The Kier molecular flexibility index (Phi) is 3.99. The van der Waals surface area contributed by atoms with Crippen LogP contribution in [0.1, 0.15) is 18.4 Å². The quantitative estimate of drug-likeness (QED) is 0.828. The summed E-state index contributed by atoms with van der Waals surface area (Å²) in [6.45, 7) is 8.59. The second-order valence-electron chi connectivity index (χ2n) is 5.57. The van der Waals surface area contributed by atoms with Crippen molar-refractivity contribution in [1.82, 2.24) is 9.88 Å². The summed E-state index contributed by atoms with van der Waals surface area (Å²) in [5, 5.41) is 0. The number of rotatable bonds is 3. The fourth-order valence-electron chi connectivity index (χ4n) is 3.03. The Balaban J connectivity index is 1.53. The third-order valence-corrected chi connectivity index (χ3v) is 4.14. The number of hydrogen-bond acceptors (Lipinski definition) is 4. The van der Waals surface area contributed by atoms with Gasteiger partial charge in [-0.15, -0.1) is 0 Å². The maximum absolute atomic E-state index is 5.72. The molecule has 104 valence electrons. The molecule has 0 saturated carbocycles. The Morgan fingerprint density at radius 3 is 2.84 bits per heavy atom. The largest absolute Gasteiger partial charge is 0.377 e. The molecule has 1 atom stereocenters. The number of nitrogens with zero attached hydrogens (tertiary/aromatic N) is 3. The van der Waals surface area contributed by atoms with E-state index in [4.69, 9.17) is 4.74 Å². The number of piperazine rings is 1. The smallest absolute Gasteiger partial charge is 0.131 e. The normalized spacial score (nSPS) is 24.9. The van der Waals surface area contributed by atoms with Crippen molar-refractivity contribution in [1.29, 1.82) is 0 Å². The molecule has 1 aromatic rings. The topological polar surface area (TPSA) is 28.6 Å². The molecule has 1 aromatic heterocycles. The highest BCUT2D eigenvalue weighted by Crippen LogP contribution is 2.19. The van der Waals surface area contributed by atoms with Gasteiger partial charge in [0.2, 0.25) is 0 Å². The molecule has 19 heavy (non-hydrogen) atoms. The Labute approximate surface area is 115 Å². The highest BCUT2D eigenvalue weighted by molar-refractivity contribution is 5.46. The molecule has 3 heterocycles. The van der Waals surface area contributed by atoms with E-state index in [2.05, 4.69) is 27.8 Å². The minimum Gasteiger partial charge on any atom is -0.377 e. The van der Waals surface area contributed by atoms with Crippen LogP contribution < -0.4 is 4.90 Å². The first-order valence-electron chi connectivity index (χ1n) is 7.33. The molecule has 4 heteroatoms.